The number of amides is 1. The van der Waals surface area contributed by atoms with Gasteiger partial charge in [-0.1, -0.05) is 11.2 Å². The van der Waals surface area contributed by atoms with Crippen molar-refractivity contribution in [1.82, 2.24) is 15.1 Å². The molecule has 3 N–H and O–H groups in total. The number of nitrogens with two attached hydrogens (primary N) is 1. The van der Waals surface area contributed by atoms with E-state index in [0.717, 1.165) is 5.69 Å². The predicted molar refractivity (Wildman–Crippen MR) is 62.7 cm³/mol. The zero-order valence-electron chi connectivity index (χ0n) is 9.71. The first-order valence-corrected chi connectivity index (χ1v) is 5.25. The van der Waals surface area contributed by atoms with Crippen molar-refractivity contribution in [3.05, 3.63) is 51.8 Å². The van der Waals surface area contributed by atoms with E-state index in [4.69, 9.17) is 10.4 Å². The number of nitrogens with one attached hydrogen (secondary N) is 1. The Morgan fingerprint density at radius 1 is 1.56 bits per heavy atom. The summed E-state index contributed by atoms with van der Waals surface area (Å²) in [5, 5.41) is 3.56. The highest BCUT2D eigenvalue weighted by molar-refractivity contribution is 5.91. The fourth-order valence-corrected chi connectivity index (χ4v) is 1.55. The molecular formula is C11H12N4O3. The molecule has 18 heavy (non-hydrogen) atoms. The maximum absolute atomic E-state index is 11.6. The van der Waals surface area contributed by atoms with Gasteiger partial charge in [0.2, 0.25) is 0 Å². The summed E-state index contributed by atoms with van der Waals surface area (Å²) in [5.41, 5.74) is 2.68. The molecule has 0 radical (unpaired) electrons. The lowest BCUT2D eigenvalue weighted by atomic mass is 10.3. The molecule has 0 atom stereocenters. The van der Waals surface area contributed by atoms with E-state index < -0.39 is 5.91 Å². The lowest BCUT2D eigenvalue weighted by molar-refractivity contribution is 0.0944. The van der Waals surface area contributed by atoms with Crippen LogP contribution in [0.1, 0.15) is 21.9 Å². The van der Waals surface area contributed by atoms with Gasteiger partial charge in [0, 0.05) is 17.8 Å². The fraction of sp³-hybridized carbons (Fsp3) is 0.182. The molecule has 0 spiro atoms. The van der Waals surface area contributed by atoms with Crippen LogP contribution in [0.15, 0.2) is 33.6 Å². The summed E-state index contributed by atoms with van der Waals surface area (Å²) >= 11 is 0. The van der Waals surface area contributed by atoms with Crippen LogP contribution >= 0.6 is 0 Å². The first-order chi connectivity index (χ1) is 8.61. The third kappa shape index (κ3) is 2.30. The summed E-state index contributed by atoms with van der Waals surface area (Å²) < 4.78 is 6.49. The number of nitrogen functional groups attached to an aromatic ring is 1. The van der Waals surface area contributed by atoms with Crippen LogP contribution in [-0.2, 0) is 6.54 Å². The molecule has 7 nitrogen and oxygen atoms in total. The standard InChI is InChI=1S/C11H12N4O3/c1-7-3-2-4-10(16)15(7)6-8-5-9(14-18-8)11(17)13-12/h2-5H,6,12H2,1H3,(H,13,17). The SMILES string of the molecule is Cc1cccc(=O)n1Cc1cc(C(=O)NN)no1. The third-order valence-electron chi connectivity index (χ3n) is 2.50. The molecule has 0 fully saturated rings. The molecule has 1 amide bonds. The number of pyridine rings is 1. The van der Waals surface area contributed by atoms with E-state index in [1.54, 1.807) is 6.07 Å². The average molecular weight is 248 g/mol. The zero-order chi connectivity index (χ0) is 13.1. The van der Waals surface area contributed by atoms with Crippen molar-refractivity contribution in [2.75, 3.05) is 0 Å². The largest absolute Gasteiger partial charge is 0.359 e. The minimum Gasteiger partial charge on any atom is -0.359 e. The Balaban J connectivity index is 2.27. The van der Waals surface area contributed by atoms with Crippen LogP contribution in [0.4, 0.5) is 0 Å². The van der Waals surface area contributed by atoms with Crippen molar-refractivity contribution >= 4 is 5.91 Å². The van der Waals surface area contributed by atoms with Gasteiger partial charge in [-0.2, -0.15) is 0 Å². The minimum absolute atomic E-state index is 0.0779. The summed E-state index contributed by atoms with van der Waals surface area (Å²) in [6, 6.07) is 6.39. The van der Waals surface area contributed by atoms with Crippen LogP contribution < -0.4 is 16.8 Å². The van der Waals surface area contributed by atoms with E-state index in [9.17, 15) is 9.59 Å². The fourth-order valence-electron chi connectivity index (χ4n) is 1.55. The Hall–Kier alpha value is -2.41. The number of carbonyl (C=O) groups is 1. The van der Waals surface area contributed by atoms with Crippen LogP contribution in [0.3, 0.4) is 0 Å². The number of aryl methyl sites for hydroxylation is 1. The Bertz CT molecular complexity index is 629. The van der Waals surface area contributed by atoms with E-state index in [-0.39, 0.29) is 17.8 Å². The lowest BCUT2D eigenvalue weighted by Gasteiger charge is -2.05. The minimum atomic E-state index is -0.540. The molecule has 0 unspecified atom stereocenters. The summed E-state index contributed by atoms with van der Waals surface area (Å²) in [7, 11) is 0. The van der Waals surface area contributed by atoms with E-state index in [0.29, 0.717) is 5.76 Å². The normalized spacial score (nSPS) is 10.3. The number of hydrogen-bond acceptors (Lipinski definition) is 5. The van der Waals surface area contributed by atoms with Gasteiger partial charge in [0.15, 0.2) is 11.5 Å². The highest BCUT2D eigenvalue weighted by Crippen LogP contribution is 2.06. The van der Waals surface area contributed by atoms with Crippen LogP contribution in [0, 0.1) is 6.92 Å². The average Bonchev–Trinajstić information content (AvgIpc) is 2.81. The van der Waals surface area contributed by atoms with E-state index in [1.165, 1.54) is 16.7 Å². The molecule has 0 bridgehead atoms. The Labute approximate surface area is 102 Å². The number of hydrogen-bond donors (Lipinski definition) is 2. The van der Waals surface area contributed by atoms with Gasteiger partial charge in [-0.05, 0) is 13.0 Å². The first-order valence-electron chi connectivity index (χ1n) is 5.25. The molecule has 94 valence electrons. The second kappa shape index (κ2) is 4.84. The predicted octanol–water partition coefficient (Wildman–Crippen LogP) is -0.203. The van der Waals surface area contributed by atoms with E-state index in [2.05, 4.69) is 5.16 Å². The Morgan fingerprint density at radius 2 is 2.33 bits per heavy atom. The Kier molecular flexibility index (Phi) is 3.24. The van der Waals surface area contributed by atoms with Crippen LogP contribution in [-0.4, -0.2) is 15.6 Å². The second-order valence-electron chi connectivity index (χ2n) is 3.74. The van der Waals surface area contributed by atoms with Crippen molar-refractivity contribution in [2.24, 2.45) is 5.84 Å². The number of carbonyl (C=O) groups excluding carboxylic acids is 1. The van der Waals surface area contributed by atoms with Crippen LogP contribution in [0.2, 0.25) is 0 Å². The monoisotopic (exact) mass is 248 g/mol. The number of aromatic nitrogens is 2. The molecule has 2 rings (SSSR count). The van der Waals surface area contributed by atoms with Gasteiger partial charge in [-0.25, -0.2) is 5.84 Å². The molecule has 0 aliphatic carbocycles. The van der Waals surface area contributed by atoms with E-state index in [1.807, 2.05) is 18.4 Å². The van der Waals surface area contributed by atoms with Crippen molar-refractivity contribution in [1.29, 1.82) is 0 Å². The van der Waals surface area contributed by atoms with Crippen molar-refractivity contribution < 1.29 is 9.32 Å². The number of nitrogens with zero attached hydrogens (tertiary/aromatic N) is 2. The van der Waals surface area contributed by atoms with Crippen molar-refractivity contribution in [3.8, 4) is 0 Å². The first kappa shape index (κ1) is 12.1. The topological polar surface area (TPSA) is 103 Å². The zero-order valence-corrected chi connectivity index (χ0v) is 9.71. The summed E-state index contributed by atoms with van der Waals surface area (Å²) in [4.78, 5) is 22.8. The van der Waals surface area contributed by atoms with Gasteiger partial charge in [0.1, 0.15) is 0 Å². The molecule has 0 saturated carbocycles. The van der Waals surface area contributed by atoms with Gasteiger partial charge in [0.05, 0.1) is 6.54 Å². The van der Waals surface area contributed by atoms with Crippen LogP contribution in [0.5, 0.6) is 0 Å². The van der Waals surface area contributed by atoms with Crippen LogP contribution in [0.25, 0.3) is 0 Å². The highest BCUT2D eigenvalue weighted by atomic mass is 16.5. The molecular weight excluding hydrogens is 236 g/mol. The van der Waals surface area contributed by atoms with Crippen molar-refractivity contribution in [3.63, 3.8) is 0 Å². The molecule has 2 aromatic rings. The molecule has 0 saturated heterocycles. The Morgan fingerprint density at radius 3 is 3.00 bits per heavy atom. The second-order valence-corrected chi connectivity index (χ2v) is 3.74. The molecule has 0 aromatic carbocycles. The number of hydrazine groups is 1. The van der Waals surface area contributed by atoms with Gasteiger partial charge < -0.3 is 9.09 Å². The maximum atomic E-state index is 11.6. The van der Waals surface area contributed by atoms with Gasteiger partial charge >= 0.3 is 0 Å². The van der Waals surface area contributed by atoms with Crippen molar-refractivity contribution in [2.45, 2.75) is 13.5 Å². The third-order valence-corrected chi connectivity index (χ3v) is 2.50. The molecule has 2 heterocycles. The highest BCUT2D eigenvalue weighted by Gasteiger charge is 2.12. The van der Waals surface area contributed by atoms with Gasteiger partial charge in [0.25, 0.3) is 11.5 Å². The van der Waals surface area contributed by atoms with Gasteiger partial charge in [-0.15, -0.1) is 0 Å². The summed E-state index contributed by atoms with van der Waals surface area (Å²) in [6.45, 7) is 2.03. The maximum Gasteiger partial charge on any atom is 0.287 e. The molecule has 2 aromatic heterocycles. The molecule has 0 aliphatic rings. The molecule has 7 heteroatoms. The summed E-state index contributed by atoms with van der Waals surface area (Å²) in [5.74, 6) is 4.85. The smallest absolute Gasteiger partial charge is 0.287 e. The molecule has 0 aliphatic heterocycles. The quantitative estimate of drug-likeness (QED) is 0.444. The summed E-state index contributed by atoms with van der Waals surface area (Å²) in [6.07, 6.45) is 0. The lowest BCUT2D eigenvalue weighted by Crippen LogP contribution is -2.30. The number of rotatable bonds is 3. The van der Waals surface area contributed by atoms with E-state index >= 15 is 0 Å². The van der Waals surface area contributed by atoms with Gasteiger partial charge in [-0.3, -0.25) is 15.0 Å².